The molecule has 0 amide bonds. The third kappa shape index (κ3) is 4.00. The van der Waals surface area contributed by atoms with Gasteiger partial charge in [-0.3, -0.25) is 0 Å². The van der Waals surface area contributed by atoms with E-state index >= 15 is 0 Å². The minimum atomic E-state index is -3.61. The number of nitrogens with one attached hydrogen (secondary N) is 1. The SMILES string of the molecule is Nc1ccc(S(=O)(=O)c2cc(Br)cc(NCCCO)c2)cc1. The van der Waals surface area contributed by atoms with E-state index in [-0.39, 0.29) is 16.4 Å². The van der Waals surface area contributed by atoms with Gasteiger partial charge in [-0.05, 0) is 48.9 Å². The van der Waals surface area contributed by atoms with Crippen LogP contribution in [0.5, 0.6) is 0 Å². The van der Waals surface area contributed by atoms with Gasteiger partial charge in [-0.25, -0.2) is 8.42 Å². The van der Waals surface area contributed by atoms with E-state index in [0.29, 0.717) is 28.8 Å². The summed E-state index contributed by atoms with van der Waals surface area (Å²) < 4.78 is 26.0. The van der Waals surface area contributed by atoms with Crippen LogP contribution in [0.4, 0.5) is 11.4 Å². The highest BCUT2D eigenvalue weighted by atomic mass is 79.9. The van der Waals surface area contributed by atoms with Crippen LogP contribution < -0.4 is 11.1 Å². The summed E-state index contributed by atoms with van der Waals surface area (Å²) in [5, 5.41) is 11.9. The number of benzene rings is 2. The molecule has 22 heavy (non-hydrogen) atoms. The average molecular weight is 385 g/mol. The van der Waals surface area contributed by atoms with Gasteiger partial charge in [0, 0.05) is 29.0 Å². The molecule has 0 atom stereocenters. The molecule has 0 aliphatic rings. The predicted molar refractivity (Wildman–Crippen MR) is 90.6 cm³/mol. The van der Waals surface area contributed by atoms with E-state index in [0.717, 1.165) is 0 Å². The molecule has 0 heterocycles. The molecule has 0 spiro atoms. The Morgan fingerprint density at radius 2 is 1.77 bits per heavy atom. The lowest BCUT2D eigenvalue weighted by Gasteiger charge is -2.10. The number of sulfone groups is 1. The molecule has 0 aliphatic carbocycles. The van der Waals surface area contributed by atoms with Crippen LogP contribution in [0, 0.1) is 0 Å². The second-order valence-electron chi connectivity index (χ2n) is 4.75. The van der Waals surface area contributed by atoms with Gasteiger partial charge < -0.3 is 16.2 Å². The van der Waals surface area contributed by atoms with Crippen molar-refractivity contribution in [2.24, 2.45) is 0 Å². The number of hydrogen-bond acceptors (Lipinski definition) is 5. The highest BCUT2D eigenvalue weighted by Gasteiger charge is 2.18. The van der Waals surface area contributed by atoms with Gasteiger partial charge in [0.05, 0.1) is 9.79 Å². The van der Waals surface area contributed by atoms with E-state index in [2.05, 4.69) is 21.2 Å². The van der Waals surface area contributed by atoms with E-state index in [1.807, 2.05) is 0 Å². The van der Waals surface area contributed by atoms with Crippen molar-refractivity contribution < 1.29 is 13.5 Å². The largest absolute Gasteiger partial charge is 0.399 e. The summed E-state index contributed by atoms with van der Waals surface area (Å²) in [4.78, 5) is 0.388. The molecule has 0 aliphatic heterocycles. The number of rotatable bonds is 6. The Hall–Kier alpha value is -1.57. The Balaban J connectivity index is 2.36. The van der Waals surface area contributed by atoms with E-state index in [4.69, 9.17) is 10.8 Å². The maximum absolute atomic E-state index is 12.7. The first kappa shape index (κ1) is 16.8. The third-order valence-corrected chi connectivity index (χ3v) is 5.24. The summed E-state index contributed by atoms with van der Waals surface area (Å²) in [5.41, 5.74) is 6.78. The van der Waals surface area contributed by atoms with Crippen LogP contribution in [-0.4, -0.2) is 26.7 Å². The number of halogens is 1. The Kier molecular flexibility index (Phi) is 5.44. The molecule has 0 bridgehead atoms. The lowest BCUT2D eigenvalue weighted by Crippen LogP contribution is -2.06. The van der Waals surface area contributed by atoms with Crippen molar-refractivity contribution >= 4 is 37.1 Å². The van der Waals surface area contributed by atoms with Crippen LogP contribution in [-0.2, 0) is 9.84 Å². The van der Waals surface area contributed by atoms with Gasteiger partial charge in [-0.1, -0.05) is 15.9 Å². The van der Waals surface area contributed by atoms with Crippen molar-refractivity contribution in [1.29, 1.82) is 0 Å². The van der Waals surface area contributed by atoms with E-state index in [1.54, 1.807) is 30.3 Å². The van der Waals surface area contributed by atoms with Gasteiger partial charge in [0.25, 0.3) is 0 Å². The fourth-order valence-corrected chi connectivity index (χ4v) is 3.89. The maximum atomic E-state index is 12.7. The number of aliphatic hydroxyl groups excluding tert-OH is 1. The average Bonchev–Trinajstić information content (AvgIpc) is 2.47. The van der Waals surface area contributed by atoms with Crippen molar-refractivity contribution in [2.75, 3.05) is 24.2 Å². The van der Waals surface area contributed by atoms with E-state index in [9.17, 15) is 8.42 Å². The molecule has 4 N–H and O–H groups in total. The second-order valence-corrected chi connectivity index (χ2v) is 7.62. The topological polar surface area (TPSA) is 92.4 Å². The van der Waals surface area contributed by atoms with Gasteiger partial charge in [0.2, 0.25) is 9.84 Å². The van der Waals surface area contributed by atoms with Crippen LogP contribution in [0.1, 0.15) is 6.42 Å². The fraction of sp³-hybridized carbons (Fsp3) is 0.200. The summed E-state index contributed by atoms with van der Waals surface area (Å²) in [7, 11) is -3.61. The first-order valence-corrected chi connectivity index (χ1v) is 8.97. The van der Waals surface area contributed by atoms with Crippen molar-refractivity contribution in [3.05, 3.63) is 46.9 Å². The van der Waals surface area contributed by atoms with Crippen LogP contribution >= 0.6 is 15.9 Å². The molecule has 0 aromatic heterocycles. The lowest BCUT2D eigenvalue weighted by molar-refractivity contribution is 0.292. The van der Waals surface area contributed by atoms with Crippen molar-refractivity contribution in [3.63, 3.8) is 0 Å². The molecular formula is C15H17BrN2O3S. The number of anilines is 2. The zero-order valence-electron chi connectivity index (χ0n) is 11.8. The van der Waals surface area contributed by atoms with E-state index in [1.165, 1.54) is 12.1 Å². The summed E-state index contributed by atoms with van der Waals surface area (Å²) in [5.74, 6) is 0. The van der Waals surface area contributed by atoms with Gasteiger partial charge in [-0.15, -0.1) is 0 Å². The first-order chi connectivity index (χ1) is 10.4. The Morgan fingerprint density at radius 3 is 2.41 bits per heavy atom. The van der Waals surface area contributed by atoms with Gasteiger partial charge in [0.15, 0.2) is 0 Å². The highest BCUT2D eigenvalue weighted by Crippen LogP contribution is 2.27. The molecular weight excluding hydrogens is 368 g/mol. The predicted octanol–water partition coefficient (Wildman–Crippen LogP) is 2.66. The smallest absolute Gasteiger partial charge is 0.206 e. The lowest BCUT2D eigenvalue weighted by atomic mass is 10.3. The second kappa shape index (κ2) is 7.13. The zero-order valence-corrected chi connectivity index (χ0v) is 14.2. The molecule has 7 heteroatoms. The third-order valence-electron chi connectivity index (χ3n) is 3.04. The molecule has 118 valence electrons. The molecule has 2 aromatic rings. The standard InChI is InChI=1S/C15H17BrN2O3S/c16-11-8-13(18-6-1-7-19)10-15(9-11)22(20,21)14-4-2-12(17)3-5-14/h2-5,8-10,18-19H,1,6-7,17H2. The molecule has 0 saturated carbocycles. The molecule has 0 fully saturated rings. The molecule has 2 aromatic carbocycles. The Morgan fingerprint density at radius 1 is 1.09 bits per heavy atom. The van der Waals surface area contributed by atoms with Gasteiger partial charge in [0.1, 0.15) is 0 Å². The van der Waals surface area contributed by atoms with Crippen molar-refractivity contribution in [1.82, 2.24) is 0 Å². The minimum Gasteiger partial charge on any atom is -0.399 e. The Labute approximate surface area is 138 Å². The fourth-order valence-electron chi connectivity index (χ4n) is 1.91. The molecule has 5 nitrogen and oxygen atoms in total. The minimum absolute atomic E-state index is 0.0809. The number of nitrogens with two attached hydrogens (primary N) is 1. The highest BCUT2D eigenvalue weighted by molar-refractivity contribution is 9.10. The Bertz CT molecular complexity index is 746. The quantitative estimate of drug-likeness (QED) is 0.525. The molecule has 0 saturated heterocycles. The van der Waals surface area contributed by atoms with E-state index < -0.39 is 9.84 Å². The summed E-state index contributed by atoms with van der Waals surface area (Å²) in [6, 6.07) is 11.0. The van der Waals surface area contributed by atoms with Gasteiger partial charge in [-0.2, -0.15) is 0 Å². The van der Waals surface area contributed by atoms with Gasteiger partial charge >= 0.3 is 0 Å². The monoisotopic (exact) mass is 384 g/mol. The normalized spacial score (nSPS) is 11.4. The van der Waals surface area contributed by atoms with Crippen LogP contribution in [0.2, 0.25) is 0 Å². The van der Waals surface area contributed by atoms with Crippen LogP contribution in [0.25, 0.3) is 0 Å². The molecule has 2 rings (SSSR count). The van der Waals surface area contributed by atoms with Crippen LogP contribution in [0.15, 0.2) is 56.7 Å². The number of aliphatic hydroxyl groups is 1. The summed E-state index contributed by atoms with van der Waals surface area (Å²) in [6.07, 6.45) is 0.590. The maximum Gasteiger partial charge on any atom is 0.206 e. The van der Waals surface area contributed by atoms with Crippen molar-refractivity contribution in [2.45, 2.75) is 16.2 Å². The van der Waals surface area contributed by atoms with Crippen LogP contribution in [0.3, 0.4) is 0 Å². The molecule has 0 radical (unpaired) electrons. The molecule has 0 unspecified atom stereocenters. The number of nitrogen functional groups attached to an aromatic ring is 1. The first-order valence-electron chi connectivity index (χ1n) is 6.69. The zero-order chi connectivity index (χ0) is 16.2. The summed E-state index contributed by atoms with van der Waals surface area (Å²) >= 11 is 3.32. The number of hydrogen-bond donors (Lipinski definition) is 3. The summed E-state index contributed by atoms with van der Waals surface area (Å²) in [6.45, 7) is 0.645. The van der Waals surface area contributed by atoms with Crippen molar-refractivity contribution in [3.8, 4) is 0 Å².